The minimum absolute atomic E-state index is 0.309. The largest absolute Gasteiger partial charge is 0.508 e. The molecule has 1 heterocycles. The Balaban J connectivity index is 2.76. The third kappa shape index (κ3) is 1.29. The van der Waals surface area contributed by atoms with Crippen LogP contribution in [0.3, 0.4) is 0 Å². The van der Waals surface area contributed by atoms with E-state index in [1.165, 1.54) is 0 Å². The summed E-state index contributed by atoms with van der Waals surface area (Å²) in [6, 6.07) is 7.42. The van der Waals surface area contributed by atoms with E-state index in [0.717, 1.165) is 16.6 Å². The van der Waals surface area contributed by atoms with Crippen LogP contribution in [0.4, 0.5) is 0 Å². The first kappa shape index (κ1) is 8.51. The molecule has 2 nitrogen and oxygen atoms in total. The molecular weight excluding hydrogens is 182 g/mol. The molecule has 0 aliphatic carbocycles. The van der Waals surface area contributed by atoms with Crippen LogP contribution in [0.15, 0.2) is 24.3 Å². The normalized spacial score (nSPS) is 10.9. The van der Waals surface area contributed by atoms with Gasteiger partial charge in [-0.25, -0.2) is 0 Å². The van der Waals surface area contributed by atoms with Crippen molar-refractivity contribution in [3.8, 4) is 5.75 Å². The molecule has 0 atom stereocenters. The van der Waals surface area contributed by atoms with E-state index in [1.807, 2.05) is 19.2 Å². The molecule has 0 aliphatic rings. The molecule has 0 spiro atoms. The summed E-state index contributed by atoms with van der Waals surface area (Å²) in [5, 5.41) is 10.3. The van der Waals surface area contributed by atoms with Gasteiger partial charge in [0, 0.05) is 29.4 Å². The maximum Gasteiger partial charge on any atom is 0.116 e. The number of hydrogen-bond acceptors (Lipinski definition) is 2. The molecule has 0 saturated carbocycles. The van der Waals surface area contributed by atoms with Crippen molar-refractivity contribution in [1.82, 2.24) is 4.57 Å². The lowest BCUT2D eigenvalue weighted by Crippen LogP contribution is -1.91. The van der Waals surface area contributed by atoms with Gasteiger partial charge in [0.1, 0.15) is 5.75 Å². The summed E-state index contributed by atoms with van der Waals surface area (Å²) >= 11 is 4.23. The van der Waals surface area contributed by atoms with Crippen molar-refractivity contribution >= 4 is 23.5 Å². The first-order valence-corrected chi connectivity index (χ1v) is 4.74. The number of phenolic OH excluding ortho intramolecular Hbond substituents is 1. The van der Waals surface area contributed by atoms with E-state index in [0.29, 0.717) is 11.5 Å². The molecular formula is C10H11NOS. The van der Waals surface area contributed by atoms with Crippen LogP contribution in [-0.4, -0.2) is 9.67 Å². The average molecular weight is 193 g/mol. The smallest absolute Gasteiger partial charge is 0.116 e. The van der Waals surface area contributed by atoms with Gasteiger partial charge >= 0.3 is 0 Å². The maximum absolute atomic E-state index is 9.27. The summed E-state index contributed by atoms with van der Waals surface area (Å²) in [5.74, 6) is 1.02. The van der Waals surface area contributed by atoms with Crippen molar-refractivity contribution in [2.45, 2.75) is 5.75 Å². The Labute approximate surface area is 82.2 Å². The molecule has 13 heavy (non-hydrogen) atoms. The molecule has 3 heteroatoms. The summed E-state index contributed by atoms with van der Waals surface area (Å²) in [6.45, 7) is 0. The van der Waals surface area contributed by atoms with Gasteiger partial charge in [0.2, 0.25) is 0 Å². The third-order valence-electron chi connectivity index (χ3n) is 2.29. The number of phenols is 1. The Bertz CT molecular complexity index is 447. The predicted molar refractivity (Wildman–Crippen MR) is 57.3 cm³/mol. The Kier molecular flexibility index (Phi) is 1.96. The number of aromatic nitrogens is 1. The van der Waals surface area contributed by atoms with Crippen molar-refractivity contribution in [2.24, 2.45) is 7.05 Å². The SMILES string of the molecule is Cn1c(CS)cc2cc(O)ccc21. The maximum atomic E-state index is 9.27. The van der Waals surface area contributed by atoms with Gasteiger partial charge in [0.25, 0.3) is 0 Å². The van der Waals surface area contributed by atoms with Crippen LogP contribution >= 0.6 is 12.6 Å². The predicted octanol–water partition coefficient (Wildman–Crippen LogP) is 2.31. The van der Waals surface area contributed by atoms with Gasteiger partial charge in [0.05, 0.1) is 0 Å². The molecule has 0 fully saturated rings. The number of hydrogen-bond donors (Lipinski definition) is 2. The van der Waals surface area contributed by atoms with Crippen molar-refractivity contribution < 1.29 is 5.11 Å². The minimum atomic E-state index is 0.309. The molecule has 2 aromatic rings. The molecule has 0 amide bonds. The molecule has 1 N–H and O–H groups in total. The average Bonchev–Trinajstić information content (AvgIpc) is 2.42. The standard InChI is InChI=1S/C10H11NOS/c1-11-8(6-13)4-7-5-9(12)2-3-10(7)11/h2-5,12-13H,6H2,1H3. The van der Waals surface area contributed by atoms with Crippen LogP contribution in [0.2, 0.25) is 0 Å². The number of thiol groups is 1. The van der Waals surface area contributed by atoms with Crippen LogP contribution in [0.1, 0.15) is 5.69 Å². The second kappa shape index (κ2) is 3.00. The topological polar surface area (TPSA) is 25.2 Å². The van der Waals surface area contributed by atoms with Crippen molar-refractivity contribution in [3.05, 3.63) is 30.0 Å². The Hall–Kier alpha value is -1.09. The zero-order valence-electron chi connectivity index (χ0n) is 7.36. The molecule has 2 rings (SSSR count). The number of aryl methyl sites for hydroxylation is 1. The quantitative estimate of drug-likeness (QED) is 0.668. The number of fused-ring (bicyclic) bond motifs is 1. The van der Waals surface area contributed by atoms with Gasteiger partial charge < -0.3 is 9.67 Å². The van der Waals surface area contributed by atoms with Crippen LogP contribution in [0, 0.1) is 0 Å². The summed E-state index contributed by atoms with van der Waals surface area (Å²) < 4.78 is 2.09. The first-order chi connectivity index (χ1) is 6.22. The van der Waals surface area contributed by atoms with Gasteiger partial charge in [-0.05, 0) is 24.3 Å². The van der Waals surface area contributed by atoms with Gasteiger partial charge in [0.15, 0.2) is 0 Å². The van der Waals surface area contributed by atoms with E-state index in [-0.39, 0.29) is 0 Å². The highest BCUT2D eigenvalue weighted by Gasteiger charge is 2.03. The van der Waals surface area contributed by atoms with Gasteiger partial charge in [-0.15, -0.1) is 0 Å². The number of benzene rings is 1. The fourth-order valence-corrected chi connectivity index (χ4v) is 1.85. The minimum Gasteiger partial charge on any atom is -0.508 e. The van der Waals surface area contributed by atoms with Crippen LogP contribution < -0.4 is 0 Å². The zero-order valence-corrected chi connectivity index (χ0v) is 8.25. The lowest BCUT2D eigenvalue weighted by molar-refractivity contribution is 0.476. The fraction of sp³-hybridized carbons (Fsp3) is 0.200. The Morgan fingerprint density at radius 1 is 1.38 bits per heavy atom. The highest BCUT2D eigenvalue weighted by molar-refractivity contribution is 7.79. The molecule has 1 aromatic heterocycles. The summed E-state index contributed by atoms with van der Waals surface area (Å²) in [7, 11) is 2.00. The monoisotopic (exact) mass is 193 g/mol. The number of rotatable bonds is 1. The molecule has 0 bridgehead atoms. The summed E-state index contributed by atoms with van der Waals surface area (Å²) in [4.78, 5) is 0. The van der Waals surface area contributed by atoms with E-state index in [4.69, 9.17) is 0 Å². The summed E-state index contributed by atoms with van der Waals surface area (Å²) in [6.07, 6.45) is 0. The van der Waals surface area contributed by atoms with E-state index < -0.39 is 0 Å². The summed E-state index contributed by atoms with van der Waals surface area (Å²) in [5.41, 5.74) is 2.28. The van der Waals surface area contributed by atoms with Crippen molar-refractivity contribution in [1.29, 1.82) is 0 Å². The lowest BCUT2D eigenvalue weighted by Gasteiger charge is -1.99. The van der Waals surface area contributed by atoms with Crippen molar-refractivity contribution in [3.63, 3.8) is 0 Å². The Morgan fingerprint density at radius 3 is 2.85 bits per heavy atom. The van der Waals surface area contributed by atoms with E-state index in [1.54, 1.807) is 12.1 Å². The molecule has 0 saturated heterocycles. The number of aromatic hydroxyl groups is 1. The highest BCUT2D eigenvalue weighted by atomic mass is 32.1. The van der Waals surface area contributed by atoms with Gasteiger partial charge in [-0.2, -0.15) is 12.6 Å². The van der Waals surface area contributed by atoms with Crippen LogP contribution in [0.25, 0.3) is 10.9 Å². The molecule has 1 aromatic carbocycles. The third-order valence-corrected chi connectivity index (χ3v) is 2.61. The van der Waals surface area contributed by atoms with E-state index in [9.17, 15) is 5.11 Å². The lowest BCUT2D eigenvalue weighted by atomic mass is 10.2. The van der Waals surface area contributed by atoms with E-state index in [2.05, 4.69) is 17.2 Å². The van der Waals surface area contributed by atoms with Crippen LogP contribution in [-0.2, 0) is 12.8 Å². The molecule has 68 valence electrons. The highest BCUT2D eigenvalue weighted by Crippen LogP contribution is 2.23. The van der Waals surface area contributed by atoms with Crippen molar-refractivity contribution in [2.75, 3.05) is 0 Å². The Morgan fingerprint density at radius 2 is 2.15 bits per heavy atom. The van der Waals surface area contributed by atoms with Crippen LogP contribution in [0.5, 0.6) is 5.75 Å². The molecule has 0 unspecified atom stereocenters. The van der Waals surface area contributed by atoms with Gasteiger partial charge in [-0.3, -0.25) is 0 Å². The van der Waals surface area contributed by atoms with E-state index >= 15 is 0 Å². The molecule has 0 radical (unpaired) electrons. The fourth-order valence-electron chi connectivity index (χ4n) is 1.55. The molecule has 0 aliphatic heterocycles. The zero-order chi connectivity index (χ0) is 9.42. The van der Waals surface area contributed by atoms with Gasteiger partial charge in [-0.1, -0.05) is 0 Å². The second-order valence-corrected chi connectivity index (χ2v) is 3.41. The number of nitrogens with zero attached hydrogens (tertiary/aromatic N) is 1. The first-order valence-electron chi connectivity index (χ1n) is 4.10. The second-order valence-electron chi connectivity index (χ2n) is 3.10.